The Morgan fingerprint density at radius 1 is 0.773 bits per heavy atom. The van der Waals surface area contributed by atoms with Gasteiger partial charge in [0.25, 0.3) is 0 Å². The van der Waals surface area contributed by atoms with Gasteiger partial charge in [0.15, 0.2) is 0 Å². The summed E-state index contributed by atoms with van der Waals surface area (Å²) in [6.45, 7) is 1.62. The van der Waals surface area contributed by atoms with Gasteiger partial charge in [0.05, 0.1) is 30.7 Å². The third-order valence-electron chi connectivity index (χ3n) is 3.04. The molecule has 0 nitrogen and oxygen atoms in total. The van der Waals surface area contributed by atoms with Crippen LogP contribution in [0, 0.1) is 6.92 Å². The molecule has 2 aromatic rings. The molecule has 118 valence electrons. The summed E-state index contributed by atoms with van der Waals surface area (Å²) in [5.41, 5.74) is 0.00492. The summed E-state index contributed by atoms with van der Waals surface area (Å²) < 4.78 is 38.7. The van der Waals surface area contributed by atoms with Crippen LogP contribution in [-0.2, 0) is 6.18 Å². The molecule has 0 heterocycles. The van der Waals surface area contributed by atoms with Crippen molar-refractivity contribution in [3.8, 4) is 11.1 Å². The highest BCUT2D eigenvalue weighted by Gasteiger charge is 2.31. The van der Waals surface area contributed by atoms with E-state index in [2.05, 4.69) is 0 Å². The predicted molar refractivity (Wildman–Crippen MR) is 86.7 cm³/mol. The Hall–Kier alpha value is -0.320. The lowest BCUT2D eigenvalue weighted by molar-refractivity contribution is -0.137. The number of halogens is 8. The van der Waals surface area contributed by atoms with E-state index in [0.29, 0.717) is 5.56 Å². The van der Waals surface area contributed by atoms with Gasteiger partial charge in [-0.15, -0.1) is 0 Å². The molecule has 2 rings (SSSR count). The number of aryl methyl sites for hydroxylation is 1. The van der Waals surface area contributed by atoms with Crippen LogP contribution in [-0.4, -0.2) is 0 Å². The van der Waals surface area contributed by atoms with Crippen molar-refractivity contribution in [1.29, 1.82) is 0 Å². The molecule has 0 fully saturated rings. The standard InChI is InChI=1S/C14H6Cl5F3/c1-5-2-3-6(14(20,21)22)4-7(5)8-9(15)11(17)13(19)12(18)10(8)16/h2-4H,1H3. The van der Waals surface area contributed by atoms with E-state index in [1.807, 2.05) is 0 Å². The Labute approximate surface area is 149 Å². The van der Waals surface area contributed by atoms with E-state index in [-0.39, 0.29) is 36.2 Å². The fourth-order valence-corrected chi connectivity index (χ4v) is 3.25. The smallest absolute Gasteiger partial charge is 0.166 e. The van der Waals surface area contributed by atoms with Crippen LogP contribution < -0.4 is 0 Å². The van der Waals surface area contributed by atoms with Gasteiger partial charge < -0.3 is 0 Å². The first-order chi connectivity index (χ1) is 10.1. The van der Waals surface area contributed by atoms with E-state index < -0.39 is 11.7 Å². The average Bonchev–Trinajstić information content (AvgIpc) is 2.44. The highest BCUT2D eigenvalue weighted by atomic mass is 35.5. The Kier molecular flexibility index (Phi) is 5.15. The number of hydrogen-bond donors (Lipinski definition) is 0. The second-order valence-electron chi connectivity index (χ2n) is 4.47. The molecule has 0 amide bonds. The lowest BCUT2D eigenvalue weighted by Crippen LogP contribution is -2.05. The van der Waals surface area contributed by atoms with Crippen LogP contribution in [0.1, 0.15) is 11.1 Å². The molecule has 0 aromatic heterocycles. The van der Waals surface area contributed by atoms with Gasteiger partial charge in [0, 0.05) is 5.56 Å². The first-order valence-corrected chi connectivity index (χ1v) is 7.64. The number of rotatable bonds is 1. The van der Waals surface area contributed by atoms with Crippen molar-refractivity contribution < 1.29 is 13.2 Å². The molecule has 0 radical (unpaired) electrons. The van der Waals surface area contributed by atoms with E-state index >= 15 is 0 Å². The second kappa shape index (κ2) is 6.29. The van der Waals surface area contributed by atoms with Gasteiger partial charge in [-0.2, -0.15) is 13.2 Å². The molecular weight excluding hydrogens is 402 g/mol. The minimum absolute atomic E-state index is 0.0493. The molecule has 0 aliphatic carbocycles. The van der Waals surface area contributed by atoms with Crippen LogP contribution in [0.15, 0.2) is 18.2 Å². The maximum atomic E-state index is 12.9. The van der Waals surface area contributed by atoms with Gasteiger partial charge in [-0.3, -0.25) is 0 Å². The highest BCUT2D eigenvalue weighted by Crippen LogP contribution is 2.49. The monoisotopic (exact) mass is 406 g/mol. The van der Waals surface area contributed by atoms with Gasteiger partial charge in [-0.25, -0.2) is 0 Å². The zero-order valence-corrected chi connectivity index (χ0v) is 14.5. The summed E-state index contributed by atoms with van der Waals surface area (Å²) in [6, 6.07) is 3.24. The van der Waals surface area contributed by atoms with E-state index in [4.69, 9.17) is 58.0 Å². The van der Waals surface area contributed by atoms with E-state index in [9.17, 15) is 13.2 Å². The van der Waals surface area contributed by atoms with Crippen molar-refractivity contribution in [2.24, 2.45) is 0 Å². The Bertz CT molecular complexity index is 724. The maximum Gasteiger partial charge on any atom is 0.416 e. The average molecular weight is 408 g/mol. The highest BCUT2D eigenvalue weighted by molar-refractivity contribution is 6.56. The normalized spacial score (nSPS) is 11.9. The lowest BCUT2D eigenvalue weighted by Gasteiger charge is -2.16. The largest absolute Gasteiger partial charge is 0.416 e. The maximum absolute atomic E-state index is 12.9. The zero-order valence-electron chi connectivity index (χ0n) is 10.8. The molecule has 0 atom stereocenters. The molecule has 0 aliphatic rings. The van der Waals surface area contributed by atoms with Crippen LogP contribution >= 0.6 is 58.0 Å². The lowest BCUT2D eigenvalue weighted by atomic mass is 9.97. The molecule has 0 aliphatic heterocycles. The molecule has 22 heavy (non-hydrogen) atoms. The van der Waals surface area contributed by atoms with Gasteiger partial charge in [0.1, 0.15) is 0 Å². The molecule has 0 saturated heterocycles. The van der Waals surface area contributed by atoms with Crippen molar-refractivity contribution in [1.82, 2.24) is 0 Å². The summed E-state index contributed by atoms with van der Waals surface area (Å²) in [5, 5.41) is -0.284. The first kappa shape index (κ1) is 18.0. The van der Waals surface area contributed by atoms with E-state index in [0.717, 1.165) is 12.1 Å². The predicted octanol–water partition coefficient (Wildman–Crippen LogP) is 7.95. The van der Waals surface area contributed by atoms with Gasteiger partial charge in [-0.05, 0) is 30.2 Å². The van der Waals surface area contributed by atoms with Crippen LogP contribution in [0.25, 0.3) is 11.1 Å². The van der Waals surface area contributed by atoms with Gasteiger partial charge in [-0.1, -0.05) is 64.1 Å². The number of alkyl halides is 3. The molecule has 8 heteroatoms. The van der Waals surface area contributed by atoms with E-state index in [1.54, 1.807) is 6.92 Å². The van der Waals surface area contributed by atoms with E-state index in [1.165, 1.54) is 6.07 Å². The van der Waals surface area contributed by atoms with Gasteiger partial charge in [0.2, 0.25) is 0 Å². The van der Waals surface area contributed by atoms with Crippen molar-refractivity contribution in [2.45, 2.75) is 13.1 Å². The molecule has 0 bridgehead atoms. The summed E-state index contributed by atoms with van der Waals surface area (Å²) in [7, 11) is 0. The topological polar surface area (TPSA) is 0 Å². The number of benzene rings is 2. The molecule has 0 spiro atoms. The molecule has 0 saturated carbocycles. The SMILES string of the molecule is Cc1ccc(C(F)(F)F)cc1-c1c(Cl)c(Cl)c(Cl)c(Cl)c1Cl. The van der Waals surface area contributed by atoms with Crippen molar-refractivity contribution >= 4 is 58.0 Å². The number of hydrogen-bond acceptors (Lipinski definition) is 0. The molecule has 0 N–H and O–H groups in total. The zero-order chi connectivity index (χ0) is 16.8. The van der Waals surface area contributed by atoms with Crippen molar-refractivity contribution in [2.75, 3.05) is 0 Å². The first-order valence-electron chi connectivity index (χ1n) is 5.75. The quantitative estimate of drug-likeness (QED) is 0.332. The Morgan fingerprint density at radius 3 is 1.68 bits per heavy atom. The molecular formula is C14H6Cl5F3. The third kappa shape index (κ3) is 3.15. The van der Waals surface area contributed by atoms with Gasteiger partial charge >= 0.3 is 6.18 Å². The molecule has 0 unspecified atom stereocenters. The fraction of sp³-hybridized carbons (Fsp3) is 0.143. The summed E-state index contributed by atoms with van der Waals surface area (Å²) in [5.74, 6) is 0. The third-order valence-corrected chi connectivity index (χ3v) is 5.32. The summed E-state index contributed by atoms with van der Waals surface area (Å²) >= 11 is 30.0. The van der Waals surface area contributed by atoms with Crippen LogP contribution in [0.3, 0.4) is 0 Å². The van der Waals surface area contributed by atoms with Crippen LogP contribution in [0.5, 0.6) is 0 Å². The Morgan fingerprint density at radius 2 is 1.23 bits per heavy atom. The summed E-state index contributed by atoms with van der Waals surface area (Å²) in [6.07, 6.45) is -4.50. The van der Waals surface area contributed by atoms with Crippen molar-refractivity contribution in [3.05, 3.63) is 54.4 Å². The fourth-order valence-electron chi connectivity index (χ4n) is 1.91. The van der Waals surface area contributed by atoms with Crippen molar-refractivity contribution in [3.63, 3.8) is 0 Å². The second-order valence-corrected chi connectivity index (χ2v) is 6.36. The minimum atomic E-state index is -4.50. The van der Waals surface area contributed by atoms with Crippen LogP contribution in [0.2, 0.25) is 25.1 Å². The van der Waals surface area contributed by atoms with Crippen LogP contribution in [0.4, 0.5) is 13.2 Å². The molecule has 2 aromatic carbocycles. The summed E-state index contributed by atoms with van der Waals surface area (Å²) in [4.78, 5) is 0. The minimum Gasteiger partial charge on any atom is -0.166 e. The Balaban J connectivity index is 2.83.